The molecule has 2 rings (SSSR count). The maximum absolute atomic E-state index is 12.4. The van der Waals surface area contributed by atoms with Gasteiger partial charge < -0.3 is 9.73 Å². The molecule has 6 nitrogen and oxygen atoms in total. The van der Waals surface area contributed by atoms with Gasteiger partial charge in [0.1, 0.15) is 12.3 Å². The molecule has 0 aliphatic carbocycles. The molecule has 0 unspecified atom stereocenters. The van der Waals surface area contributed by atoms with Crippen molar-refractivity contribution in [3.05, 3.63) is 53.5 Å². The van der Waals surface area contributed by atoms with E-state index in [9.17, 15) is 18.0 Å². The Bertz CT molecular complexity index is 650. The molecule has 0 aliphatic heterocycles. The van der Waals surface area contributed by atoms with Gasteiger partial charge in [0.2, 0.25) is 0 Å². The average molecular weight is 316 g/mol. The number of alkyl halides is 3. The van der Waals surface area contributed by atoms with Gasteiger partial charge in [-0.2, -0.15) is 13.2 Å². The number of anilines is 1. The topological polar surface area (TPSA) is 85.9 Å². The van der Waals surface area contributed by atoms with Gasteiger partial charge in [-0.25, -0.2) is 0 Å². The first-order valence-corrected chi connectivity index (χ1v) is 5.98. The molecule has 0 bridgehead atoms. The summed E-state index contributed by atoms with van der Waals surface area (Å²) in [6, 6.07) is 6.60. The molecule has 3 N–H and O–H groups in total. The molecule has 0 atom stereocenters. The van der Waals surface area contributed by atoms with E-state index >= 15 is 0 Å². The monoisotopic (exact) mass is 316 g/mol. The third-order valence-electron chi connectivity index (χ3n) is 2.65. The van der Waals surface area contributed by atoms with E-state index in [2.05, 4.69) is 5.32 Å². The van der Waals surface area contributed by atoms with Gasteiger partial charge in [0.15, 0.2) is 5.76 Å². The second-order valence-corrected chi connectivity index (χ2v) is 4.33. The third kappa shape index (κ3) is 4.07. The molecule has 118 valence electrons. The van der Waals surface area contributed by atoms with Crippen molar-refractivity contribution in [2.24, 2.45) is 0 Å². The molecule has 0 spiro atoms. The second-order valence-electron chi connectivity index (χ2n) is 4.33. The van der Waals surface area contributed by atoms with Gasteiger partial charge in [0.05, 0.1) is 5.56 Å². The summed E-state index contributed by atoms with van der Waals surface area (Å²) in [7, 11) is 0. The summed E-state index contributed by atoms with van der Waals surface area (Å²) in [5.74, 6) is -0.659. The van der Waals surface area contributed by atoms with E-state index in [1.54, 1.807) is 0 Å². The summed E-state index contributed by atoms with van der Waals surface area (Å²) >= 11 is 0. The molecule has 9 heteroatoms. The summed E-state index contributed by atoms with van der Waals surface area (Å²) in [5.41, 5.74) is -0.654. The van der Waals surface area contributed by atoms with Crippen LogP contribution in [0, 0.1) is 0 Å². The fourth-order valence-electron chi connectivity index (χ4n) is 1.66. The first-order chi connectivity index (χ1) is 10.3. The van der Waals surface area contributed by atoms with Crippen LogP contribution in [0.2, 0.25) is 0 Å². The molecule has 0 aliphatic rings. The van der Waals surface area contributed by atoms with Crippen molar-refractivity contribution in [1.82, 2.24) is 5.23 Å². The minimum Gasteiger partial charge on any atom is -0.454 e. The lowest BCUT2D eigenvalue weighted by molar-refractivity contribution is -0.316. The van der Waals surface area contributed by atoms with Gasteiger partial charge >= 0.3 is 6.18 Å². The fraction of sp³-hybridized carbons (Fsp3) is 0.154. The average Bonchev–Trinajstić information content (AvgIpc) is 2.86. The highest BCUT2D eigenvalue weighted by Crippen LogP contribution is 2.29. The lowest BCUT2D eigenvalue weighted by Crippen LogP contribution is -2.13. The van der Waals surface area contributed by atoms with Crippen molar-refractivity contribution in [3.8, 4) is 0 Å². The standard InChI is InChI=1S/C13H11F3N2O4/c14-13(15,16)8-1-3-9(4-2-8)17-12(19)11-6-5-10(22-11)7-18(20)21/h1-6,20-21H,7H2,(H,17,19). The Balaban J connectivity index is 2.04. The summed E-state index contributed by atoms with van der Waals surface area (Å²) in [6.45, 7) is -0.340. The van der Waals surface area contributed by atoms with Crippen molar-refractivity contribution in [2.75, 3.05) is 5.32 Å². The maximum Gasteiger partial charge on any atom is 0.416 e. The Morgan fingerprint density at radius 1 is 1.14 bits per heavy atom. The van der Waals surface area contributed by atoms with Crippen LogP contribution in [0.25, 0.3) is 0 Å². The SMILES string of the molecule is O=C(Nc1ccc(C(F)(F)F)cc1)c1ccc(CN(O)O)o1. The number of furan rings is 1. The van der Waals surface area contributed by atoms with Crippen molar-refractivity contribution in [2.45, 2.75) is 12.7 Å². The van der Waals surface area contributed by atoms with E-state index < -0.39 is 17.6 Å². The van der Waals surface area contributed by atoms with Gasteiger partial charge in [-0.1, -0.05) is 5.23 Å². The first kappa shape index (κ1) is 16.0. The number of nitrogens with zero attached hydrogens (tertiary/aromatic N) is 1. The van der Waals surface area contributed by atoms with E-state index in [0.717, 1.165) is 24.3 Å². The van der Waals surface area contributed by atoms with Gasteiger partial charge in [-0.15, -0.1) is 0 Å². The van der Waals surface area contributed by atoms with E-state index in [1.807, 2.05) is 0 Å². The maximum atomic E-state index is 12.4. The predicted molar refractivity (Wildman–Crippen MR) is 67.2 cm³/mol. The van der Waals surface area contributed by atoms with Gasteiger partial charge in [-0.05, 0) is 36.4 Å². The van der Waals surface area contributed by atoms with Gasteiger partial charge in [0.25, 0.3) is 5.91 Å². The highest BCUT2D eigenvalue weighted by molar-refractivity contribution is 6.02. The van der Waals surface area contributed by atoms with E-state index in [4.69, 9.17) is 14.8 Å². The van der Waals surface area contributed by atoms with Crippen LogP contribution in [0.3, 0.4) is 0 Å². The number of hydrogen-bond acceptors (Lipinski definition) is 5. The molecule has 1 aromatic carbocycles. The first-order valence-electron chi connectivity index (χ1n) is 5.98. The van der Waals surface area contributed by atoms with Gasteiger partial charge in [0, 0.05) is 5.69 Å². The fourth-order valence-corrected chi connectivity index (χ4v) is 1.66. The Morgan fingerprint density at radius 2 is 1.77 bits per heavy atom. The predicted octanol–water partition coefficient (Wildman–Crippen LogP) is 3.13. The number of rotatable bonds is 4. The van der Waals surface area contributed by atoms with Crippen LogP contribution < -0.4 is 5.32 Å². The van der Waals surface area contributed by atoms with E-state index in [1.165, 1.54) is 12.1 Å². The highest BCUT2D eigenvalue weighted by Gasteiger charge is 2.30. The number of hydroxylamine groups is 2. The molecular weight excluding hydrogens is 305 g/mol. The van der Waals surface area contributed by atoms with Gasteiger partial charge in [-0.3, -0.25) is 15.2 Å². The summed E-state index contributed by atoms with van der Waals surface area (Å²) in [6.07, 6.45) is -4.45. The number of nitrogens with one attached hydrogen (secondary N) is 1. The smallest absolute Gasteiger partial charge is 0.416 e. The largest absolute Gasteiger partial charge is 0.454 e. The Kier molecular flexibility index (Phi) is 4.50. The molecule has 2 aromatic rings. The number of benzene rings is 1. The molecule has 0 saturated heterocycles. The molecule has 1 aromatic heterocycles. The number of amides is 1. The number of carbonyl (C=O) groups is 1. The van der Waals surface area contributed by atoms with Crippen LogP contribution in [0.1, 0.15) is 21.9 Å². The van der Waals surface area contributed by atoms with Crippen LogP contribution in [0.5, 0.6) is 0 Å². The molecule has 0 fully saturated rings. The normalized spacial score (nSPS) is 11.7. The van der Waals surface area contributed by atoms with Crippen LogP contribution in [0.15, 0.2) is 40.8 Å². The zero-order chi connectivity index (χ0) is 16.3. The number of halogens is 3. The van der Waals surface area contributed by atoms with Crippen LogP contribution in [-0.2, 0) is 12.7 Å². The molecule has 1 amide bonds. The minimum atomic E-state index is -4.45. The van der Waals surface area contributed by atoms with Crippen molar-refractivity contribution < 1.29 is 32.8 Å². The zero-order valence-electron chi connectivity index (χ0n) is 11.0. The number of hydrogen-bond donors (Lipinski definition) is 3. The molecule has 22 heavy (non-hydrogen) atoms. The second kappa shape index (κ2) is 6.18. The molecule has 0 radical (unpaired) electrons. The molecular formula is C13H11F3N2O4. The summed E-state index contributed by atoms with van der Waals surface area (Å²) < 4.78 is 42.3. The molecule has 1 heterocycles. The Hall–Kier alpha value is -2.36. The quantitative estimate of drug-likeness (QED) is 0.755. The number of carbonyl (C=O) groups excluding carboxylic acids is 1. The Labute approximate surface area is 122 Å². The van der Waals surface area contributed by atoms with E-state index in [-0.39, 0.29) is 29.0 Å². The Morgan fingerprint density at radius 3 is 2.32 bits per heavy atom. The van der Waals surface area contributed by atoms with E-state index in [0.29, 0.717) is 0 Å². The summed E-state index contributed by atoms with van der Waals surface area (Å²) in [5, 5.41) is 19.5. The van der Waals surface area contributed by atoms with Crippen molar-refractivity contribution >= 4 is 11.6 Å². The van der Waals surface area contributed by atoms with Crippen LogP contribution in [0.4, 0.5) is 18.9 Å². The van der Waals surface area contributed by atoms with Crippen molar-refractivity contribution in [3.63, 3.8) is 0 Å². The lowest BCUT2D eigenvalue weighted by Gasteiger charge is -2.08. The third-order valence-corrected chi connectivity index (χ3v) is 2.65. The van der Waals surface area contributed by atoms with Crippen molar-refractivity contribution in [1.29, 1.82) is 0 Å². The van der Waals surface area contributed by atoms with Crippen LogP contribution >= 0.6 is 0 Å². The minimum absolute atomic E-state index is 0.114. The summed E-state index contributed by atoms with van der Waals surface area (Å²) in [4.78, 5) is 11.8. The lowest BCUT2D eigenvalue weighted by atomic mass is 10.2. The zero-order valence-corrected chi connectivity index (χ0v) is 11.0. The highest BCUT2D eigenvalue weighted by atomic mass is 19.4. The molecule has 0 saturated carbocycles. The van der Waals surface area contributed by atoms with Crippen LogP contribution in [-0.4, -0.2) is 21.5 Å².